The van der Waals surface area contributed by atoms with E-state index in [1.54, 1.807) is 12.3 Å². The predicted octanol–water partition coefficient (Wildman–Crippen LogP) is 3.13. The van der Waals surface area contributed by atoms with E-state index in [1.807, 2.05) is 44.1 Å². The van der Waals surface area contributed by atoms with Crippen LogP contribution in [0.1, 0.15) is 18.9 Å². The molecule has 3 nitrogen and oxygen atoms in total. The Morgan fingerprint density at radius 2 is 2.21 bits per heavy atom. The molecule has 0 N–H and O–H groups in total. The topological polar surface area (TPSA) is 29.5 Å². The van der Waals surface area contributed by atoms with Crippen LogP contribution in [0.15, 0.2) is 34.9 Å². The molecule has 1 unspecified atom stereocenters. The minimum Gasteiger partial charge on any atom is -0.492 e. The highest BCUT2D eigenvalue weighted by molar-refractivity contribution is 9.10. The van der Waals surface area contributed by atoms with Crippen molar-refractivity contribution in [2.75, 3.05) is 20.7 Å². The minimum atomic E-state index is -0.510. The first-order valence-corrected chi connectivity index (χ1v) is 7.05. The summed E-state index contributed by atoms with van der Waals surface area (Å²) in [5.74, 6) is 0.909. The fourth-order valence-electron chi connectivity index (χ4n) is 2.24. The van der Waals surface area contributed by atoms with E-state index in [2.05, 4.69) is 15.9 Å². The van der Waals surface area contributed by atoms with Gasteiger partial charge < -0.3 is 9.64 Å². The largest absolute Gasteiger partial charge is 0.492 e. The van der Waals surface area contributed by atoms with Crippen molar-refractivity contribution in [3.05, 3.63) is 40.5 Å². The zero-order chi connectivity index (χ0) is 14.0. The smallest absolute Gasteiger partial charge is 0.167 e. The molecular formula is C15H18BrNO2. The number of benzene rings is 1. The van der Waals surface area contributed by atoms with Crippen LogP contribution in [0.4, 0.5) is 0 Å². The third-order valence-electron chi connectivity index (χ3n) is 3.48. The summed E-state index contributed by atoms with van der Waals surface area (Å²) in [7, 11) is 3.81. The van der Waals surface area contributed by atoms with Crippen LogP contribution in [-0.2, 0) is 10.2 Å². The Hall–Kier alpha value is -1.29. The lowest BCUT2D eigenvalue weighted by molar-refractivity contribution is -0.120. The molecule has 19 heavy (non-hydrogen) atoms. The van der Waals surface area contributed by atoms with Crippen molar-refractivity contribution >= 4 is 21.7 Å². The number of fused-ring (bicyclic) bond motifs is 1. The SMILES string of the molecule is CN(C)/C=C/C(=O)C1(C)CCOc2c(Br)cccc21. The van der Waals surface area contributed by atoms with Gasteiger partial charge in [0.15, 0.2) is 5.78 Å². The van der Waals surface area contributed by atoms with Crippen molar-refractivity contribution in [3.63, 3.8) is 0 Å². The molecule has 0 radical (unpaired) electrons. The minimum absolute atomic E-state index is 0.115. The molecule has 0 bridgehead atoms. The van der Waals surface area contributed by atoms with E-state index < -0.39 is 5.41 Å². The van der Waals surface area contributed by atoms with Gasteiger partial charge >= 0.3 is 0 Å². The van der Waals surface area contributed by atoms with Crippen LogP contribution in [0.2, 0.25) is 0 Å². The number of hydrogen-bond acceptors (Lipinski definition) is 3. The van der Waals surface area contributed by atoms with Crippen molar-refractivity contribution < 1.29 is 9.53 Å². The molecular weight excluding hydrogens is 306 g/mol. The third-order valence-corrected chi connectivity index (χ3v) is 4.10. The highest BCUT2D eigenvalue weighted by atomic mass is 79.9. The zero-order valence-corrected chi connectivity index (χ0v) is 13.0. The summed E-state index contributed by atoms with van der Waals surface area (Å²) in [5, 5.41) is 0. The van der Waals surface area contributed by atoms with Gasteiger partial charge in [-0.2, -0.15) is 0 Å². The second-order valence-corrected chi connectivity index (χ2v) is 6.05. The Balaban J connectivity index is 2.41. The van der Waals surface area contributed by atoms with Crippen molar-refractivity contribution in [1.82, 2.24) is 4.90 Å². The average molecular weight is 324 g/mol. The van der Waals surface area contributed by atoms with Gasteiger partial charge in [0, 0.05) is 25.9 Å². The van der Waals surface area contributed by atoms with Gasteiger partial charge in [0.1, 0.15) is 5.75 Å². The van der Waals surface area contributed by atoms with Crippen molar-refractivity contribution in [1.29, 1.82) is 0 Å². The monoisotopic (exact) mass is 323 g/mol. The Morgan fingerprint density at radius 1 is 1.47 bits per heavy atom. The molecule has 102 valence electrons. The quantitative estimate of drug-likeness (QED) is 0.800. The van der Waals surface area contributed by atoms with Crippen molar-refractivity contribution in [2.45, 2.75) is 18.8 Å². The number of carbonyl (C=O) groups is 1. The molecule has 0 spiro atoms. The molecule has 1 aliphatic heterocycles. The number of allylic oxidation sites excluding steroid dienone is 1. The highest BCUT2D eigenvalue weighted by Gasteiger charge is 2.39. The number of rotatable bonds is 3. The fourth-order valence-corrected chi connectivity index (χ4v) is 2.72. The van der Waals surface area contributed by atoms with E-state index in [-0.39, 0.29) is 5.78 Å². The molecule has 1 heterocycles. The number of ether oxygens (including phenoxy) is 1. The number of para-hydroxylation sites is 1. The van der Waals surface area contributed by atoms with Gasteiger partial charge in [0.25, 0.3) is 0 Å². The Morgan fingerprint density at radius 3 is 2.89 bits per heavy atom. The molecule has 1 aromatic carbocycles. The first kappa shape index (κ1) is 14.1. The number of ketones is 1. The van der Waals surface area contributed by atoms with Crippen LogP contribution in [0.5, 0.6) is 5.75 Å². The molecule has 4 heteroatoms. The summed E-state index contributed by atoms with van der Waals surface area (Å²) >= 11 is 3.48. The Labute approximate surface area is 122 Å². The zero-order valence-electron chi connectivity index (χ0n) is 11.4. The van der Waals surface area contributed by atoms with Crippen molar-refractivity contribution in [2.24, 2.45) is 0 Å². The number of nitrogens with zero attached hydrogens (tertiary/aromatic N) is 1. The molecule has 0 aliphatic carbocycles. The average Bonchev–Trinajstić information content (AvgIpc) is 2.37. The van der Waals surface area contributed by atoms with Crippen LogP contribution >= 0.6 is 15.9 Å². The van der Waals surface area contributed by atoms with Gasteiger partial charge in [-0.15, -0.1) is 0 Å². The maximum absolute atomic E-state index is 12.5. The summed E-state index contributed by atoms with van der Waals surface area (Å²) < 4.78 is 6.59. The maximum Gasteiger partial charge on any atom is 0.167 e. The van der Waals surface area contributed by atoms with E-state index in [0.717, 1.165) is 15.8 Å². The van der Waals surface area contributed by atoms with E-state index >= 15 is 0 Å². The predicted molar refractivity (Wildman–Crippen MR) is 79.4 cm³/mol. The molecule has 2 rings (SSSR count). The molecule has 1 aliphatic rings. The molecule has 1 aromatic rings. The van der Waals surface area contributed by atoms with Crippen LogP contribution in [0, 0.1) is 0 Å². The highest BCUT2D eigenvalue weighted by Crippen LogP contribution is 2.43. The standard InChI is InChI=1S/C15H18BrNO2/c1-15(13(18)7-9-17(2)3)8-10-19-14-11(15)5-4-6-12(14)16/h4-7,9H,8,10H2,1-3H3/b9-7+. The van der Waals surface area contributed by atoms with Crippen LogP contribution in [-0.4, -0.2) is 31.4 Å². The third kappa shape index (κ3) is 2.68. The van der Waals surface area contributed by atoms with Crippen LogP contribution < -0.4 is 4.74 Å². The summed E-state index contributed by atoms with van der Waals surface area (Å²) in [6, 6.07) is 5.85. The van der Waals surface area contributed by atoms with Gasteiger partial charge in [-0.25, -0.2) is 0 Å². The summed E-state index contributed by atoms with van der Waals surface area (Å²) in [5.41, 5.74) is 0.450. The lowest BCUT2D eigenvalue weighted by Gasteiger charge is -2.34. The van der Waals surface area contributed by atoms with Crippen LogP contribution in [0.3, 0.4) is 0 Å². The van der Waals surface area contributed by atoms with Gasteiger partial charge in [-0.1, -0.05) is 12.1 Å². The molecule has 0 fully saturated rings. The number of carbonyl (C=O) groups excluding carboxylic acids is 1. The second-order valence-electron chi connectivity index (χ2n) is 5.19. The summed E-state index contributed by atoms with van der Waals surface area (Å²) in [4.78, 5) is 14.4. The first-order chi connectivity index (χ1) is 8.95. The van der Waals surface area contributed by atoms with E-state index in [0.29, 0.717) is 13.0 Å². The van der Waals surface area contributed by atoms with Crippen LogP contribution in [0.25, 0.3) is 0 Å². The number of hydrogen-bond donors (Lipinski definition) is 0. The lowest BCUT2D eigenvalue weighted by Crippen LogP contribution is -2.37. The molecule has 1 atom stereocenters. The van der Waals surface area contributed by atoms with E-state index in [1.165, 1.54) is 0 Å². The van der Waals surface area contributed by atoms with Crippen molar-refractivity contribution in [3.8, 4) is 5.75 Å². The normalized spacial score (nSPS) is 21.9. The van der Waals surface area contributed by atoms with E-state index in [9.17, 15) is 4.79 Å². The Kier molecular flexibility index (Phi) is 3.99. The molecule has 0 saturated heterocycles. The molecule has 0 aromatic heterocycles. The Bertz CT molecular complexity index is 525. The maximum atomic E-state index is 12.5. The second kappa shape index (κ2) is 5.37. The number of halogens is 1. The first-order valence-electron chi connectivity index (χ1n) is 6.26. The lowest BCUT2D eigenvalue weighted by atomic mass is 9.74. The fraction of sp³-hybridized carbons (Fsp3) is 0.400. The van der Waals surface area contributed by atoms with Gasteiger partial charge in [0.2, 0.25) is 0 Å². The van der Waals surface area contributed by atoms with Gasteiger partial charge in [0.05, 0.1) is 16.5 Å². The summed E-state index contributed by atoms with van der Waals surface area (Å²) in [6.07, 6.45) is 4.14. The summed E-state index contributed by atoms with van der Waals surface area (Å²) in [6.45, 7) is 2.55. The van der Waals surface area contributed by atoms with Gasteiger partial charge in [-0.3, -0.25) is 4.79 Å². The molecule has 0 amide bonds. The molecule has 0 saturated carbocycles. The van der Waals surface area contributed by atoms with E-state index in [4.69, 9.17) is 4.74 Å². The van der Waals surface area contributed by atoms with Gasteiger partial charge in [-0.05, 0) is 41.4 Å².